The van der Waals surface area contributed by atoms with E-state index in [1.54, 1.807) is 18.4 Å². The molecule has 5 nitrogen and oxygen atoms in total. The van der Waals surface area contributed by atoms with E-state index in [1.807, 2.05) is 41.8 Å². The Morgan fingerprint density at radius 2 is 2.08 bits per heavy atom. The van der Waals surface area contributed by atoms with E-state index in [0.29, 0.717) is 6.42 Å². The minimum Gasteiger partial charge on any atom is -0.495 e. The number of aromatic nitrogens is 1. The molecule has 126 valence electrons. The first kappa shape index (κ1) is 15.7. The summed E-state index contributed by atoms with van der Waals surface area (Å²) >= 11 is 1.55. The Bertz CT molecular complexity index is 936. The summed E-state index contributed by atoms with van der Waals surface area (Å²) in [6.45, 7) is 0. The molecule has 0 saturated heterocycles. The Kier molecular flexibility index (Phi) is 4.11. The second kappa shape index (κ2) is 6.57. The zero-order chi connectivity index (χ0) is 17.2. The number of methoxy groups -OCH3 is 1. The fourth-order valence-electron chi connectivity index (χ4n) is 2.87. The summed E-state index contributed by atoms with van der Waals surface area (Å²) in [5.74, 6) is 0.862. The first-order valence-electron chi connectivity index (χ1n) is 8.01. The number of carbonyl (C=O) groups excluding carboxylic acids is 1. The van der Waals surface area contributed by atoms with Crippen LogP contribution in [0, 0.1) is 0 Å². The van der Waals surface area contributed by atoms with Crippen LogP contribution in [0.25, 0.3) is 11.3 Å². The van der Waals surface area contributed by atoms with Crippen LogP contribution in [0.2, 0.25) is 0 Å². The van der Waals surface area contributed by atoms with E-state index < -0.39 is 0 Å². The molecule has 1 aliphatic rings. The van der Waals surface area contributed by atoms with E-state index in [9.17, 15) is 4.79 Å². The van der Waals surface area contributed by atoms with Crippen LogP contribution < -0.4 is 15.4 Å². The summed E-state index contributed by atoms with van der Waals surface area (Å²) in [4.78, 5) is 16.1. The van der Waals surface area contributed by atoms with E-state index in [1.165, 1.54) is 0 Å². The third-order valence-electron chi connectivity index (χ3n) is 4.15. The van der Waals surface area contributed by atoms with Crippen molar-refractivity contribution in [2.45, 2.75) is 12.8 Å². The molecule has 2 aromatic carbocycles. The topological polar surface area (TPSA) is 63.2 Å². The summed E-state index contributed by atoms with van der Waals surface area (Å²) in [6, 6.07) is 13.8. The third-order valence-corrected chi connectivity index (χ3v) is 4.91. The molecule has 0 radical (unpaired) electrons. The summed E-state index contributed by atoms with van der Waals surface area (Å²) in [6.07, 6.45) is 1.31. The van der Waals surface area contributed by atoms with Gasteiger partial charge in [-0.2, -0.15) is 0 Å². The minimum atomic E-state index is 0.0807. The number of anilines is 3. The van der Waals surface area contributed by atoms with Crippen LogP contribution in [0.1, 0.15) is 12.0 Å². The predicted molar refractivity (Wildman–Crippen MR) is 101 cm³/mol. The van der Waals surface area contributed by atoms with Gasteiger partial charge in [-0.3, -0.25) is 4.79 Å². The molecule has 3 aromatic rings. The number of amides is 1. The van der Waals surface area contributed by atoms with Crippen LogP contribution in [-0.2, 0) is 11.2 Å². The molecular weight excluding hydrogens is 334 g/mol. The highest BCUT2D eigenvalue weighted by Gasteiger charge is 2.16. The second-order valence-electron chi connectivity index (χ2n) is 5.78. The van der Waals surface area contributed by atoms with Crippen molar-refractivity contribution < 1.29 is 9.53 Å². The van der Waals surface area contributed by atoms with Gasteiger partial charge in [0.2, 0.25) is 5.91 Å². The lowest BCUT2D eigenvalue weighted by Gasteiger charge is -2.17. The molecule has 0 spiro atoms. The van der Waals surface area contributed by atoms with Gasteiger partial charge in [-0.05, 0) is 36.2 Å². The number of carbonyl (C=O) groups is 1. The van der Waals surface area contributed by atoms with Crippen LogP contribution in [-0.4, -0.2) is 18.0 Å². The first-order chi connectivity index (χ1) is 12.2. The number of para-hydroxylation sites is 2. The molecule has 0 saturated carbocycles. The molecule has 1 amide bonds. The van der Waals surface area contributed by atoms with Crippen molar-refractivity contribution in [1.29, 1.82) is 0 Å². The smallest absolute Gasteiger partial charge is 0.224 e. The van der Waals surface area contributed by atoms with Crippen LogP contribution >= 0.6 is 11.3 Å². The molecule has 25 heavy (non-hydrogen) atoms. The van der Waals surface area contributed by atoms with Gasteiger partial charge in [0.25, 0.3) is 0 Å². The number of aryl methyl sites for hydroxylation is 1. The lowest BCUT2D eigenvalue weighted by Crippen LogP contribution is -2.18. The van der Waals surface area contributed by atoms with Gasteiger partial charge < -0.3 is 15.4 Å². The predicted octanol–water partition coefficient (Wildman–Crippen LogP) is 4.45. The average Bonchev–Trinajstić information content (AvgIpc) is 3.10. The summed E-state index contributed by atoms with van der Waals surface area (Å²) in [5, 5.41) is 9.05. The van der Waals surface area contributed by atoms with Gasteiger partial charge in [0.05, 0.1) is 18.5 Å². The van der Waals surface area contributed by atoms with Gasteiger partial charge in [0.1, 0.15) is 5.75 Å². The molecule has 4 rings (SSSR count). The first-order valence-corrected chi connectivity index (χ1v) is 8.89. The Morgan fingerprint density at radius 3 is 2.96 bits per heavy atom. The van der Waals surface area contributed by atoms with Crippen LogP contribution in [0.3, 0.4) is 0 Å². The maximum atomic E-state index is 11.5. The van der Waals surface area contributed by atoms with Crippen LogP contribution in [0.15, 0.2) is 47.8 Å². The van der Waals surface area contributed by atoms with E-state index in [0.717, 1.165) is 45.5 Å². The summed E-state index contributed by atoms with van der Waals surface area (Å²) < 4.78 is 5.36. The van der Waals surface area contributed by atoms with Crippen molar-refractivity contribution in [3.63, 3.8) is 0 Å². The number of ether oxygens (including phenoxy) is 1. The van der Waals surface area contributed by atoms with E-state index >= 15 is 0 Å². The van der Waals surface area contributed by atoms with Gasteiger partial charge >= 0.3 is 0 Å². The number of hydrogen-bond donors (Lipinski definition) is 2. The Morgan fingerprint density at radius 1 is 1.20 bits per heavy atom. The molecule has 0 unspecified atom stereocenters. The Labute approximate surface area is 149 Å². The van der Waals surface area contributed by atoms with Gasteiger partial charge in [0, 0.05) is 23.1 Å². The van der Waals surface area contributed by atoms with Gasteiger partial charge in [-0.1, -0.05) is 18.2 Å². The minimum absolute atomic E-state index is 0.0807. The van der Waals surface area contributed by atoms with Crippen molar-refractivity contribution in [3.05, 3.63) is 53.4 Å². The monoisotopic (exact) mass is 351 g/mol. The van der Waals surface area contributed by atoms with Crippen LogP contribution in [0.4, 0.5) is 16.5 Å². The zero-order valence-corrected chi connectivity index (χ0v) is 14.5. The molecule has 1 aromatic heterocycles. The molecule has 2 heterocycles. The normalized spacial score (nSPS) is 13.1. The SMILES string of the molecule is COc1ccccc1Nc1nc(-c2ccc3c(c2)CCC(=O)N3)cs1. The van der Waals surface area contributed by atoms with Crippen molar-refractivity contribution in [1.82, 2.24) is 4.98 Å². The summed E-state index contributed by atoms with van der Waals surface area (Å²) in [7, 11) is 1.65. The Hall–Kier alpha value is -2.86. The van der Waals surface area contributed by atoms with Crippen molar-refractivity contribution in [2.75, 3.05) is 17.7 Å². The molecular formula is C19H17N3O2S. The third kappa shape index (κ3) is 3.21. The number of nitrogens with zero attached hydrogens (tertiary/aromatic N) is 1. The van der Waals surface area contributed by atoms with E-state index in [4.69, 9.17) is 4.74 Å². The zero-order valence-electron chi connectivity index (χ0n) is 13.7. The number of benzene rings is 2. The van der Waals surface area contributed by atoms with Gasteiger partial charge in [0.15, 0.2) is 5.13 Å². The van der Waals surface area contributed by atoms with Gasteiger partial charge in [-0.15, -0.1) is 11.3 Å². The number of hydrogen-bond acceptors (Lipinski definition) is 5. The van der Waals surface area contributed by atoms with Crippen molar-refractivity contribution in [3.8, 4) is 17.0 Å². The molecule has 6 heteroatoms. The van der Waals surface area contributed by atoms with Crippen molar-refractivity contribution in [2.24, 2.45) is 0 Å². The van der Waals surface area contributed by atoms with Crippen LogP contribution in [0.5, 0.6) is 5.75 Å². The fourth-order valence-corrected chi connectivity index (χ4v) is 3.60. The quantitative estimate of drug-likeness (QED) is 0.729. The van der Waals surface area contributed by atoms with Gasteiger partial charge in [-0.25, -0.2) is 4.98 Å². The van der Waals surface area contributed by atoms with E-state index in [2.05, 4.69) is 21.7 Å². The highest BCUT2D eigenvalue weighted by Crippen LogP contribution is 2.33. The lowest BCUT2D eigenvalue weighted by atomic mass is 9.99. The molecule has 0 aliphatic carbocycles. The standard InChI is InChI=1S/C19H17N3O2S/c1-24-17-5-3-2-4-15(17)21-19-22-16(11-25-19)13-6-8-14-12(10-13)7-9-18(23)20-14/h2-6,8,10-11H,7,9H2,1H3,(H,20,23)(H,21,22). The molecule has 1 aliphatic heterocycles. The number of fused-ring (bicyclic) bond motifs is 1. The summed E-state index contributed by atoms with van der Waals surface area (Å²) in [5.41, 5.74) is 4.92. The number of nitrogens with one attached hydrogen (secondary N) is 2. The largest absolute Gasteiger partial charge is 0.495 e. The lowest BCUT2D eigenvalue weighted by molar-refractivity contribution is -0.116. The number of rotatable bonds is 4. The highest BCUT2D eigenvalue weighted by molar-refractivity contribution is 7.14. The highest BCUT2D eigenvalue weighted by atomic mass is 32.1. The molecule has 0 bridgehead atoms. The van der Waals surface area contributed by atoms with E-state index in [-0.39, 0.29) is 5.91 Å². The molecule has 0 fully saturated rings. The molecule has 0 atom stereocenters. The van der Waals surface area contributed by atoms with Crippen molar-refractivity contribution >= 4 is 33.8 Å². The Balaban J connectivity index is 1.58. The maximum absolute atomic E-state index is 11.5. The molecule has 2 N–H and O–H groups in total. The number of thiazole rings is 1. The maximum Gasteiger partial charge on any atom is 0.224 e. The average molecular weight is 351 g/mol. The fraction of sp³-hybridized carbons (Fsp3) is 0.158. The second-order valence-corrected chi connectivity index (χ2v) is 6.64.